The lowest BCUT2D eigenvalue weighted by Crippen LogP contribution is -2.16. The van der Waals surface area contributed by atoms with Crippen LogP contribution < -0.4 is 4.90 Å². The standard InChI is InChI=1S/C14H13Cl3FN/c1-19(2)11-5-3-4-10(18)12(11)8-6-7-9(15)14(17)13(8)16/h3-5,7-8H,6H2,1-2H3. The summed E-state index contributed by atoms with van der Waals surface area (Å²) < 4.78 is 14.2. The number of benzene rings is 1. The maximum Gasteiger partial charge on any atom is 0.129 e. The Morgan fingerprint density at radius 1 is 1.21 bits per heavy atom. The summed E-state index contributed by atoms with van der Waals surface area (Å²) in [6.45, 7) is 0. The van der Waals surface area contributed by atoms with E-state index in [4.69, 9.17) is 34.8 Å². The highest BCUT2D eigenvalue weighted by Gasteiger charge is 2.28. The van der Waals surface area contributed by atoms with Crippen molar-refractivity contribution >= 4 is 40.5 Å². The van der Waals surface area contributed by atoms with Crippen molar-refractivity contribution in [2.45, 2.75) is 12.3 Å². The van der Waals surface area contributed by atoms with E-state index in [9.17, 15) is 4.39 Å². The van der Waals surface area contributed by atoms with Gasteiger partial charge in [-0.15, -0.1) is 0 Å². The molecule has 0 bridgehead atoms. The van der Waals surface area contributed by atoms with E-state index in [1.165, 1.54) is 6.07 Å². The van der Waals surface area contributed by atoms with Crippen LogP contribution >= 0.6 is 34.8 Å². The Balaban J connectivity index is 2.55. The SMILES string of the molecule is CN(C)c1cccc(F)c1C1CC=C(Cl)C(Cl)=C1Cl. The van der Waals surface area contributed by atoms with E-state index in [0.717, 1.165) is 5.69 Å². The first-order chi connectivity index (χ1) is 8.93. The topological polar surface area (TPSA) is 3.24 Å². The molecule has 1 unspecified atom stereocenters. The highest BCUT2D eigenvalue weighted by Crippen LogP contribution is 2.45. The zero-order valence-corrected chi connectivity index (χ0v) is 12.8. The Morgan fingerprint density at radius 2 is 1.89 bits per heavy atom. The molecule has 0 saturated heterocycles. The molecular formula is C14H13Cl3FN. The number of allylic oxidation sites excluding steroid dienone is 4. The molecule has 1 aliphatic rings. The third-order valence-corrected chi connectivity index (χ3v) is 4.51. The number of rotatable bonds is 2. The van der Waals surface area contributed by atoms with Gasteiger partial charge in [-0.05, 0) is 18.6 Å². The average Bonchev–Trinajstić information content (AvgIpc) is 2.37. The van der Waals surface area contributed by atoms with Crippen molar-refractivity contribution < 1.29 is 4.39 Å². The summed E-state index contributed by atoms with van der Waals surface area (Å²) in [5, 5.41) is 1.11. The van der Waals surface area contributed by atoms with E-state index in [-0.39, 0.29) is 11.7 Å². The Hall–Kier alpha value is -0.700. The van der Waals surface area contributed by atoms with E-state index in [1.54, 1.807) is 12.1 Å². The third-order valence-electron chi connectivity index (χ3n) is 3.12. The van der Waals surface area contributed by atoms with E-state index in [0.29, 0.717) is 27.1 Å². The van der Waals surface area contributed by atoms with Gasteiger partial charge in [0.05, 0.1) is 10.1 Å². The lowest BCUT2D eigenvalue weighted by atomic mass is 9.90. The number of anilines is 1. The van der Waals surface area contributed by atoms with E-state index >= 15 is 0 Å². The Labute approximate surface area is 127 Å². The van der Waals surface area contributed by atoms with Gasteiger partial charge in [0.15, 0.2) is 0 Å². The fourth-order valence-electron chi connectivity index (χ4n) is 2.19. The molecule has 1 aromatic rings. The van der Waals surface area contributed by atoms with Gasteiger partial charge in [-0.2, -0.15) is 0 Å². The van der Waals surface area contributed by atoms with Crippen molar-refractivity contribution in [1.82, 2.24) is 0 Å². The minimum Gasteiger partial charge on any atom is -0.377 e. The molecule has 0 aromatic heterocycles. The second-order valence-electron chi connectivity index (χ2n) is 4.57. The van der Waals surface area contributed by atoms with Gasteiger partial charge in [-0.25, -0.2) is 4.39 Å². The number of hydrogen-bond acceptors (Lipinski definition) is 1. The molecule has 0 heterocycles. The maximum atomic E-state index is 14.2. The number of halogens is 4. The van der Waals surface area contributed by atoms with Crippen LogP contribution in [0.4, 0.5) is 10.1 Å². The quantitative estimate of drug-likeness (QED) is 0.724. The molecule has 0 saturated carbocycles. The lowest BCUT2D eigenvalue weighted by molar-refractivity contribution is 0.597. The number of hydrogen-bond donors (Lipinski definition) is 0. The zero-order chi connectivity index (χ0) is 14.2. The van der Waals surface area contributed by atoms with Crippen LogP contribution in [0.25, 0.3) is 0 Å². The molecule has 0 fully saturated rings. The predicted octanol–water partition coefficient (Wildman–Crippen LogP) is 5.19. The number of nitrogens with zero attached hydrogens (tertiary/aromatic N) is 1. The minimum absolute atomic E-state index is 0.287. The van der Waals surface area contributed by atoms with Crippen LogP contribution in [0.2, 0.25) is 0 Å². The summed E-state index contributed by atoms with van der Waals surface area (Å²) in [4.78, 5) is 1.86. The molecule has 0 radical (unpaired) electrons. The largest absolute Gasteiger partial charge is 0.377 e. The van der Waals surface area contributed by atoms with Crippen LogP contribution in [0.1, 0.15) is 17.9 Å². The van der Waals surface area contributed by atoms with Gasteiger partial charge in [-0.1, -0.05) is 46.9 Å². The van der Waals surface area contributed by atoms with Crippen molar-refractivity contribution in [2.24, 2.45) is 0 Å². The summed E-state index contributed by atoms with van der Waals surface area (Å²) in [6.07, 6.45) is 2.31. The zero-order valence-electron chi connectivity index (χ0n) is 10.6. The predicted molar refractivity (Wildman–Crippen MR) is 80.8 cm³/mol. The third kappa shape index (κ3) is 2.76. The fourth-order valence-corrected chi connectivity index (χ4v) is 2.93. The molecule has 1 atom stereocenters. The van der Waals surface area contributed by atoms with Crippen LogP contribution in [0.5, 0.6) is 0 Å². The van der Waals surface area contributed by atoms with E-state index in [2.05, 4.69) is 0 Å². The normalized spacial score (nSPS) is 19.5. The Kier molecular flexibility index (Phi) is 4.44. The van der Waals surface area contributed by atoms with Gasteiger partial charge in [0.1, 0.15) is 5.82 Å². The molecule has 0 N–H and O–H groups in total. The first-order valence-electron chi connectivity index (χ1n) is 5.80. The first-order valence-corrected chi connectivity index (χ1v) is 6.93. The average molecular weight is 321 g/mol. The monoisotopic (exact) mass is 319 g/mol. The van der Waals surface area contributed by atoms with Gasteiger partial charge in [0.2, 0.25) is 0 Å². The minimum atomic E-state index is -0.296. The van der Waals surface area contributed by atoms with Gasteiger partial charge in [0, 0.05) is 36.3 Å². The molecule has 1 aromatic carbocycles. The summed E-state index contributed by atoms with van der Waals surface area (Å²) in [5.41, 5.74) is 1.34. The Morgan fingerprint density at radius 3 is 2.53 bits per heavy atom. The molecule has 1 nitrogen and oxygen atoms in total. The van der Waals surface area contributed by atoms with Gasteiger partial charge >= 0.3 is 0 Å². The summed E-state index contributed by atoms with van der Waals surface area (Å²) in [6, 6.07) is 4.97. The van der Waals surface area contributed by atoms with Crippen LogP contribution in [-0.4, -0.2) is 14.1 Å². The van der Waals surface area contributed by atoms with Crippen molar-refractivity contribution in [1.29, 1.82) is 0 Å². The molecule has 2 rings (SSSR count). The molecule has 5 heteroatoms. The van der Waals surface area contributed by atoms with Crippen molar-refractivity contribution in [2.75, 3.05) is 19.0 Å². The van der Waals surface area contributed by atoms with Crippen molar-refractivity contribution in [3.8, 4) is 0 Å². The van der Waals surface area contributed by atoms with Crippen LogP contribution in [0, 0.1) is 5.82 Å². The molecule has 0 spiro atoms. The summed E-state index contributed by atoms with van der Waals surface area (Å²) in [7, 11) is 3.73. The van der Waals surface area contributed by atoms with Crippen molar-refractivity contribution in [3.05, 3.63) is 50.8 Å². The van der Waals surface area contributed by atoms with E-state index < -0.39 is 0 Å². The highest BCUT2D eigenvalue weighted by molar-refractivity contribution is 6.48. The highest BCUT2D eigenvalue weighted by atomic mass is 35.5. The van der Waals surface area contributed by atoms with Gasteiger partial charge in [-0.3, -0.25) is 0 Å². The van der Waals surface area contributed by atoms with Gasteiger partial charge in [0.25, 0.3) is 0 Å². The lowest BCUT2D eigenvalue weighted by Gasteiger charge is -2.26. The molecule has 102 valence electrons. The first kappa shape index (κ1) is 14.7. The fraction of sp³-hybridized carbons (Fsp3) is 0.286. The van der Waals surface area contributed by atoms with Crippen LogP contribution in [-0.2, 0) is 0 Å². The molecular weight excluding hydrogens is 308 g/mol. The maximum absolute atomic E-state index is 14.2. The molecule has 19 heavy (non-hydrogen) atoms. The second-order valence-corrected chi connectivity index (χ2v) is 5.76. The van der Waals surface area contributed by atoms with Crippen LogP contribution in [0.15, 0.2) is 39.4 Å². The smallest absolute Gasteiger partial charge is 0.129 e. The summed E-state index contributed by atoms with van der Waals surface area (Å²) in [5.74, 6) is -0.583. The molecule has 0 amide bonds. The van der Waals surface area contributed by atoms with Crippen LogP contribution in [0.3, 0.4) is 0 Å². The van der Waals surface area contributed by atoms with Crippen molar-refractivity contribution in [3.63, 3.8) is 0 Å². The Bertz CT molecular complexity index is 564. The second kappa shape index (κ2) is 5.74. The molecule has 0 aliphatic heterocycles. The molecule has 1 aliphatic carbocycles. The van der Waals surface area contributed by atoms with E-state index in [1.807, 2.05) is 25.1 Å². The van der Waals surface area contributed by atoms with Gasteiger partial charge < -0.3 is 4.90 Å². The summed E-state index contributed by atoms with van der Waals surface area (Å²) >= 11 is 18.2.